The number of ether oxygens (including phenoxy) is 3. The molecular weight excluding hydrogens is 524 g/mol. The first kappa shape index (κ1) is 39.4. The van der Waals surface area contributed by atoms with E-state index in [1.54, 1.807) is 0 Å². The third kappa shape index (κ3) is 29.7. The molecule has 0 aromatic heterocycles. The Balaban J connectivity index is 3.63. The quantitative estimate of drug-likeness (QED) is 0.0664. The Bertz CT molecular complexity index is 580. The number of unbranched alkanes of at least 4 members (excludes halogenated alkanes) is 18. The van der Waals surface area contributed by atoms with Crippen LogP contribution in [0.15, 0.2) is 0 Å². The lowest BCUT2D eigenvalue weighted by Crippen LogP contribution is -2.35. The SMILES string of the molecule is CCCCCCCCCCCCNC(=O)OCC(O)COCC(CO)OC(=O)NCCCCCCCCCCCC. The van der Waals surface area contributed by atoms with Crippen molar-refractivity contribution < 1.29 is 34.0 Å². The average molecular weight is 589 g/mol. The summed E-state index contributed by atoms with van der Waals surface area (Å²) in [5.74, 6) is 0. The number of hydrogen-bond donors (Lipinski definition) is 4. The van der Waals surface area contributed by atoms with Crippen LogP contribution in [-0.2, 0) is 14.2 Å². The zero-order chi connectivity index (χ0) is 30.2. The van der Waals surface area contributed by atoms with Crippen LogP contribution in [0.3, 0.4) is 0 Å². The summed E-state index contributed by atoms with van der Waals surface area (Å²) < 4.78 is 15.5. The van der Waals surface area contributed by atoms with Gasteiger partial charge in [0.2, 0.25) is 0 Å². The first-order valence-electron chi connectivity index (χ1n) is 16.7. The highest BCUT2D eigenvalue weighted by atomic mass is 16.6. The minimum Gasteiger partial charge on any atom is -0.447 e. The normalized spacial score (nSPS) is 12.6. The molecule has 0 aliphatic heterocycles. The molecule has 0 rings (SSSR count). The highest BCUT2D eigenvalue weighted by Crippen LogP contribution is 2.11. The minimum absolute atomic E-state index is 0.0653. The van der Waals surface area contributed by atoms with Crippen LogP contribution in [0.5, 0.6) is 0 Å². The topological polar surface area (TPSA) is 126 Å². The van der Waals surface area contributed by atoms with Crippen molar-refractivity contribution in [1.82, 2.24) is 10.6 Å². The number of aliphatic hydroxyl groups is 2. The summed E-state index contributed by atoms with van der Waals surface area (Å²) in [6.07, 6.45) is 21.6. The van der Waals surface area contributed by atoms with Crippen LogP contribution < -0.4 is 10.6 Å². The maximum Gasteiger partial charge on any atom is 0.407 e. The number of carbonyl (C=O) groups is 2. The molecule has 2 atom stereocenters. The van der Waals surface area contributed by atoms with Crippen LogP contribution in [0.1, 0.15) is 142 Å². The molecule has 0 heterocycles. The van der Waals surface area contributed by atoms with Gasteiger partial charge in [-0.1, -0.05) is 129 Å². The molecule has 4 N–H and O–H groups in total. The van der Waals surface area contributed by atoms with Crippen molar-refractivity contribution in [1.29, 1.82) is 0 Å². The molecule has 244 valence electrons. The molecule has 9 heteroatoms. The Morgan fingerprint density at radius 1 is 0.585 bits per heavy atom. The maximum absolute atomic E-state index is 12.0. The largest absolute Gasteiger partial charge is 0.447 e. The number of hydrogen-bond acceptors (Lipinski definition) is 7. The predicted octanol–water partition coefficient (Wildman–Crippen LogP) is 7.02. The average Bonchev–Trinajstić information content (AvgIpc) is 2.97. The van der Waals surface area contributed by atoms with E-state index in [2.05, 4.69) is 24.5 Å². The van der Waals surface area contributed by atoms with Crippen LogP contribution >= 0.6 is 0 Å². The number of nitrogens with one attached hydrogen (secondary N) is 2. The van der Waals surface area contributed by atoms with Crippen molar-refractivity contribution >= 4 is 12.2 Å². The Hall–Kier alpha value is -1.58. The van der Waals surface area contributed by atoms with Gasteiger partial charge in [-0.15, -0.1) is 0 Å². The maximum atomic E-state index is 12.0. The van der Waals surface area contributed by atoms with Gasteiger partial charge in [0.15, 0.2) is 0 Å². The first-order valence-corrected chi connectivity index (χ1v) is 16.7. The van der Waals surface area contributed by atoms with Gasteiger partial charge in [0.05, 0.1) is 19.8 Å². The van der Waals surface area contributed by atoms with Gasteiger partial charge < -0.3 is 35.1 Å². The molecule has 0 aliphatic rings. The van der Waals surface area contributed by atoms with E-state index in [1.165, 1.54) is 103 Å². The van der Waals surface area contributed by atoms with Crippen molar-refractivity contribution in [2.75, 3.05) is 39.5 Å². The van der Waals surface area contributed by atoms with Crippen LogP contribution in [0.25, 0.3) is 0 Å². The summed E-state index contributed by atoms with van der Waals surface area (Å²) in [6.45, 7) is 4.79. The van der Waals surface area contributed by atoms with E-state index in [1.807, 2.05) is 0 Å². The van der Waals surface area contributed by atoms with Crippen molar-refractivity contribution in [3.8, 4) is 0 Å². The van der Waals surface area contributed by atoms with Gasteiger partial charge in [0.25, 0.3) is 0 Å². The molecule has 9 nitrogen and oxygen atoms in total. The predicted molar refractivity (Wildman–Crippen MR) is 165 cm³/mol. The molecule has 0 aromatic carbocycles. The number of rotatable bonds is 30. The Labute approximate surface area is 250 Å². The van der Waals surface area contributed by atoms with E-state index in [0.29, 0.717) is 13.1 Å². The lowest BCUT2D eigenvalue weighted by atomic mass is 10.1. The molecule has 41 heavy (non-hydrogen) atoms. The van der Waals surface area contributed by atoms with Crippen LogP contribution in [-0.4, -0.2) is 74.1 Å². The van der Waals surface area contributed by atoms with Crippen molar-refractivity contribution in [3.63, 3.8) is 0 Å². The van der Waals surface area contributed by atoms with Crippen molar-refractivity contribution in [2.45, 2.75) is 154 Å². The standard InChI is InChI=1S/C32H64N2O7/c1-3-5-7-9-11-13-15-17-19-21-23-33-31(37)40-27-29(36)26-39-28-30(25-35)41-32(38)34-24-22-20-18-16-14-12-10-8-6-4-2/h29-30,35-36H,3-28H2,1-2H3,(H,33,37)(H,34,38). The monoisotopic (exact) mass is 588 g/mol. The molecule has 0 radical (unpaired) electrons. The second-order valence-corrected chi connectivity index (χ2v) is 11.2. The summed E-state index contributed by atoms with van der Waals surface area (Å²) in [7, 11) is 0. The summed E-state index contributed by atoms with van der Waals surface area (Å²) in [6, 6.07) is 0. The summed E-state index contributed by atoms with van der Waals surface area (Å²) >= 11 is 0. The Morgan fingerprint density at radius 3 is 1.44 bits per heavy atom. The number of carbonyl (C=O) groups excluding carboxylic acids is 2. The van der Waals surface area contributed by atoms with Crippen molar-refractivity contribution in [2.24, 2.45) is 0 Å². The van der Waals surface area contributed by atoms with Gasteiger partial charge in [-0.25, -0.2) is 9.59 Å². The van der Waals surface area contributed by atoms with Gasteiger partial charge >= 0.3 is 12.2 Å². The van der Waals surface area contributed by atoms with Crippen LogP contribution in [0.2, 0.25) is 0 Å². The van der Waals surface area contributed by atoms with Gasteiger partial charge in [-0.2, -0.15) is 0 Å². The second-order valence-electron chi connectivity index (χ2n) is 11.2. The van der Waals surface area contributed by atoms with Crippen LogP contribution in [0, 0.1) is 0 Å². The molecular formula is C32H64N2O7. The fourth-order valence-electron chi connectivity index (χ4n) is 4.53. The molecule has 2 unspecified atom stereocenters. The lowest BCUT2D eigenvalue weighted by Gasteiger charge is -2.17. The Morgan fingerprint density at radius 2 is 1.00 bits per heavy atom. The van der Waals surface area contributed by atoms with Crippen LogP contribution in [0.4, 0.5) is 9.59 Å². The van der Waals surface area contributed by atoms with E-state index >= 15 is 0 Å². The van der Waals surface area contributed by atoms with E-state index in [9.17, 15) is 19.8 Å². The molecule has 0 spiro atoms. The molecule has 0 saturated carbocycles. The molecule has 0 fully saturated rings. The molecule has 2 amide bonds. The third-order valence-electron chi connectivity index (χ3n) is 7.10. The summed E-state index contributed by atoms with van der Waals surface area (Å²) in [4.78, 5) is 23.7. The van der Waals surface area contributed by atoms with Gasteiger partial charge in [-0.05, 0) is 12.8 Å². The van der Waals surface area contributed by atoms with Gasteiger partial charge in [0, 0.05) is 13.1 Å². The molecule has 0 aromatic rings. The highest BCUT2D eigenvalue weighted by molar-refractivity contribution is 5.67. The Kier molecular flexibility index (Phi) is 30.1. The van der Waals surface area contributed by atoms with E-state index in [-0.39, 0.29) is 26.4 Å². The van der Waals surface area contributed by atoms with E-state index < -0.39 is 24.4 Å². The summed E-state index contributed by atoms with van der Waals surface area (Å²) in [5, 5.41) is 24.8. The fraction of sp³-hybridized carbons (Fsp3) is 0.938. The zero-order valence-corrected chi connectivity index (χ0v) is 26.5. The minimum atomic E-state index is -1.01. The van der Waals surface area contributed by atoms with Gasteiger partial charge in [-0.3, -0.25) is 0 Å². The zero-order valence-electron chi connectivity index (χ0n) is 26.5. The van der Waals surface area contributed by atoms with E-state index in [0.717, 1.165) is 25.7 Å². The number of aliphatic hydroxyl groups excluding tert-OH is 2. The van der Waals surface area contributed by atoms with E-state index in [4.69, 9.17) is 14.2 Å². The fourth-order valence-corrected chi connectivity index (χ4v) is 4.53. The summed E-state index contributed by atoms with van der Waals surface area (Å²) in [5.41, 5.74) is 0. The molecule has 0 bridgehead atoms. The number of amides is 2. The second kappa shape index (κ2) is 31.4. The van der Waals surface area contributed by atoms with Gasteiger partial charge in [0.1, 0.15) is 18.8 Å². The van der Waals surface area contributed by atoms with Crippen molar-refractivity contribution in [3.05, 3.63) is 0 Å². The highest BCUT2D eigenvalue weighted by Gasteiger charge is 2.15. The molecule has 0 saturated heterocycles. The number of alkyl carbamates (subject to hydrolysis) is 2. The molecule has 0 aliphatic carbocycles. The smallest absolute Gasteiger partial charge is 0.407 e. The first-order chi connectivity index (χ1) is 20.0. The third-order valence-corrected chi connectivity index (χ3v) is 7.10. The lowest BCUT2D eigenvalue weighted by molar-refractivity contribution is -0.0429.